The van der Waals surface area contributed by atoms with Crippen LogP contribution in [-0.2, 0) is 32.5 Å². The fraction of sp³-hybridized carbons (Fsp3) is 0.458. The molecule has 1 heterocycles. The molecule has 1 aromatic heterocycles. The van der Waals surface area contributed by atoms with Crippen LogP contribution in [-0.4, -0.2) is 53.9 Å². The van der Waals surface area contributed by atoms with Crippen molar-refractivity contribution in [1.29, 1.82) is 0 Å². The largest absolute Gasteiger partial charge is 0.298 e. The van der Waals surface area contributed by atoms with Crippen molar-refractivity contribution in [3.05, 3.63) is 58.3 Å². The maximum absolute atomic E-state index is 12.9. The molecule has 0 radical (unpaired) electrons. The van der Waals surface area contributed by atoms with Gasteiger partial charge < -0.3 is 0 Å². The molecule has 1 aliphatic carbocycles. The van der Waals surface area contributed by atoms with Gasteiger partial charge in [0, 0.05) is 43.1 Å². The number of pyridine rings is 1. The average Bonchev–Trinajstić information content (AvgIpc) is 2.84. The van der Waals surface area contributed by atoms with Crippen molar-refractivity contribution in [3.8, 4) is 0 Å². The van der Waals surface area contributed by atoms with Crippen LogP contribution in [0.4, 0.5) is 0 Å². The second-order valence-electron chi connectivity index (χ2n) is 8.12. The molecule has 10 heteroatoms. The average molecular weight is 588 g/mol. The molecule has 1 saturated carbocycles. The van der Waals surface area contributed by atoms with Gasteiger partial charge in [-0.15, -0.1) is 0 Å². The Kier molecular flexibility index (Phi) is 12.3. The van der Waals surface area contributed by atoms with Crippen molar-refractivity contribution in [2.75, 3.05) is 18.6 Å². The number of sulfonamides is 1. The van der Waals surface area contributed by atoms with Crippen LogP contribution in [0.25, 0.3) is 0 Å². The molecule has 0 saturated heterocycles. The van der Waals surface area contributed by atoms with Crippen LogP contribution in [0.5, 0.6) is 0 Å². The van der Waals surface area contributed by atoms with E-state index in [2.05, 4.69) is 46.2 Å². The first-order valence-corrected chi connectivity index (χ1v) is 14.6. The Balaban J connectivity index is 0.000000287. The zero-order valence-electron chi connectivity index (χ0n) is 19.2. The number of carbonyl (C=O) groups excluding carboxylic acids is 2. The van der Waals surface area contributed by atoms with Gasteiger partial charge in [-0.1, -0.05) is 43.5 Å². The van der Waals surface area contributed by atoms with E-state index in [-0.39, 0.29) is 40.4 Å². The first-order chi connectivity index (χ1) is 16.2. The minimum Gasteiger partial charge on any atom is -0.298 e. The summed E-state index contributed by atoms with van der Waals surface area (Å²) in [5, 5.41) is 0. The Morgan fingerprint density at radius 3 is 2.21 bits per heavy atom. The fourth-order valence-corrected chi connectivity index (χ4v) is 6.01. The van der Waals surface area contributed by atoms with Crippen molar-refractivity contribution in [2.45, 2.75) is 55.9 Å². The van der Waals surface area contributed by atoms with Crippen LogP contribution in [0.2, 0.25) is 0 Å². The van der Waals surface area contributed by atoms with E-state index in [1.165, 1.54) is 10.7 Å². The van der Waals surface area contributed by atoms with Gasteiger partial charge in [-0.3, -0.25) is 9.59 Å². The SMILES string of the molecule is CN(C1CCCCC1)S(=O)(=O)c1ccccc1CC(=O)CS.O=C(CS)Cc1cccc(Br)n1. The summed E-state index contributed by atoms with van der Waals surface area (Å²) < 4.78 is 28.1. The standard InChI is InChI=1S/C16H23NO3S2.C8H8BrNOS/c1-17(14-8-3-2-4-9-14)22(19,20)16-10-6-5-7-13(16)11-15(18)12-21;9-8-3-1-2-6(10-8)4-7(11)5-12/h5-7,10,14,21H,2-4,8-9,11-12H2,1H3;1-3,12H,4-5H2. The van der Waals surface area contributed by atoms with Gasteiger partial charge in [0.15, 0.2) is 0 Å². The monoisotopic (exact) mass is 586 g/mol. The summed E-state index contributed by atoms with van der Waals surface area (Å²) in [5.41, 5.74) is 1.34. The van der Waals surface area contributed by atoms with E-state index in [0.29, 0.717) is 12.0 Å². The number of hydrogen-bond donors (Lipinski definition) is 2. The van der Waals surface area contributed by atoms with E-state index >= 15 is 0 Å². The van der Waals surface area contributed by atoms with Gasteiger partial charge in [0.05, 0.1) is 4.90 Å². The van der Waals surface area contributed by atoms with E-state index < -0.39 is 10.0 Å². The number of nitrogens with zero attached hydrogens (tertiary/aromatic N) is 2. The number of hydrogen-bond acceptors (Lipinski definition) is 7. The molecule has 0 aliphatic heterocycles. The number of benzene rings is 1. The molecule has 186 valence electrons. The highest BCUT2D eigenvalue weighted by Crippen LogP contribution is 2.28. The Labute approximate surface area is 221 Å². The lowest BCUT2D eigenvalue weighted by Gasteiger charge is -2.30. The molecule has 1 fully saturated rings. The van der Waals surface area contributed by atoms with Crippen LogP contribution >= 0.6 is 41.2 Å². The van der Waals surface area contributed by atoms with Crippen molar-refractivity contribution < 1.29 is 18.0 Å². The molecule has 0 unspecified atom stereocenters. The third-order valence-corrected chi connectivity index (χ3v) is 8.77. The van der Waals surface area contributed by atoms with Gasteiger partial charge in [0.25, 0.3) is 0 Å². The number of thiol groups is 2. The maximum Gasteiger partial charge on any atom is 0.243 e. The molecule has 0 amide bonds. The van der Waals surface area contributed by atoms with E-state index in [1.54, 1.807) is 31.3 Å². The maximum atomic E-state index is 12.9. The van der Waals surface area contributed by atoms with Gasteiger partial charge in [0.1, 0.15) is 16.2 Å². The summed E-state index contributed by atoms with van der Waals surface area (Å²) in [5.74, 6) is 0.399. The number of Topliss-reactive ketones (excluding diaryl/α,β-unsaturated/α-hetero) is 2. The molecule has 34 heavy (non-hydrogen) atoms. The van der Waals surface area contributed by atoms with E-state index in [1.807, 2.05) is 18.2 Å². The molecule has 0 N–H and O–H groups in total. The molecule has 3 rings (SSSR count). The lowest BCUT2D eigenvalue weighted by Crippen LogP contribution is -2.38. The predicted octanol–water partition coefficient (Wildman–Crippen LogP) is 4.57. The molecule has 1 aromatic carbocycles. The smallest absolute Gasteiger partial charge is 0.243 e. The molecule has 6 nitrogen and oxygen atoms in total. The van der Waals surface area contributed by atoms with Crippen LogP contribution < -0.4 is 0 Å². The number of aromatic nitrogens is 1. The fourth-order valence-electron chi connectivity index (χ4n) is 3.77. The highest BCUT2D eigenvalue weighted by atomic mass is 79.9. The molecular weight excluding hydrogens is 556 g/mol. The molecule has 0 atom stereocenters. The quantitative estimate of drug-likeness (QED) is 0.332. The van der Waals surface area contributed by atoms with E-state index in [9.17, 15) is 18.0 Å². The highest BCUT2D eigenvalue weighted by Gasteiger charge is 2.30. The number of halogens is 1. The second kappa shape index (κ2) is 14.4. The zero-order valence-corrected chi connectivity index (χ0v) is 23.4. The summed E-state index contributed by atoms with van der Waals surface area (Å²) in [7, 11) is -1.91. The lowest BCUT2D eigenvalue weighted by molar-refractivity contribution is -0.116. The second-order valence-corrected chi connectivity index (χ2v) is 11.5. The van der Waals surface area contributed by atoms with Crippen LogP contribution in [0, 0.1) is 0 Å². The number of carbonyl (C=O) groups is 2. The van der Waals surface area contributed by atoms with Crippen molar-refractivity contribution in [1.82, 2.24) is 9.29 Å². The molecule has 0 spiro atoms. The minimum absolute atomic E-state index is 0.0624. The van der Waals surface area contributed by atoms with E-state index in [0.717, 1.165) is 36.0 Å². The van der Waals surface area contributed by atoms with Gasteiger partial charge in [-0.2, -0.15) is 29.6 Å². The first kappa shape index (κ1) is 29.0. The van der Waals surface area contributed by atoms with Crippen molar-refractivity contribution in [2.24, 2.45) is 0 Å². The topological polar surface area (TPSA) is 84.4 Å². The van der Waals surface area contributed by atoms with Gasteiger partial charge in [-0.25, -0.2) is 13.4 Å². The van der Waals surface area contributed by atoms with Gasteiger partial charge in [-0.05, 0) is 52.5 Å². The van der Waals surface area contributed by atoms with Crippen LogP contribution in [0.15, 0.2) is 52.0 Å². The summed E-state index contributed by atoms with van der Waals surface area (Å²) in [6, 6.07) is 12.3. The summed E-state index contributed by atoms with van der Waals surface area (Å²) in [4.78, 5) is 27.0. The normalized spacial score (nSPS) is 14.4. The number of rotatable bonds is 9. The van der Waals surface area contributed by atoms with Gasteiger partial charge in [0.2, 0.25) is 10.0 Å². The summed E-state index contributed by atoms with van der Waals surface area (Å²) in [6.07, 6.45) is 5.62. The van der Waals surface area contributed by atoms with E-state index in [4.69, 9.17) is 0 Å². The first-order valence-electron chi connectivity index (χ1n) is 11.1. The molecule has 2 aromatic rings. The van der Waals surface area contributed by atoms with Crippen LogP contribution in [0.1, 0.15) is 43.4 Å². The molecule has 0 bridgehead atoms. The summed E-state index contributed by atoms with van der Waals surface area (Å²) in [6.45, 7) is 0. The highest BCUT2D eigenvalue weighted by molar-refractivity contribution is 9.10. The third kappa shape index (κ3) is 8.78. The Morgan fingerprint density at radius 2 is 1.59 bits per heavy atom. The lowest BCUT2D eigenvalue weighted by atomic mass is 9.96. The van der Waals surface area contributed by atoms with Crippen LogP contribution in [0.3, 0.4) is 0 Å². The predicted molar refractivity (Wildman–Crippen MR) is 145 cm³/mol. The third-order valence-electron chi connectivity index (χ3n) is 5.61. The minimum atomic E-state index is -3.57. The molecular formula is C24H31BrN2O4S3. The van der Waals surface area contributed by atoms with Gasteiger partial charge >= 0.3 is 0 Å². The summed E-state index contributed by atoms with van der Waals surface area (Å²) >= 11 is 11.1. The number of ketones is 2. The Bertz CT molecular complexity index is 1070. The Morgan fingerprint density at radius 1 is 0.971 bits per heavy atom. The zero-order chi connectivity index (χ0) is 25.1. The molecule has 1 aliphatic rings. The van der Waals surface area contributed by atoms with Crippen molar-refractivity contribution >= 4 is 62.8 Å². The van der Waals surface area contributed by atoms with Crippen molar-refractivity contribution in [3.63, 3.8) is 0 Å². The Hall–Kier alpha value is -1.20.